The number of rotatable bonds is 5. The highest BCUT2D eigenvalue weighted by atomic mass is 32.1. The largest absolute Gasteiger partial charge is 0.325 e. The maximum absolute atomic E-state index is 13.2. The summed E-state index contributed by atoms with van der Waals surface area (Å²) in [6, 6.07) is 9.85. The first-order valence-corrected chi connectivity index (χ1v) is 9.93. The summed E-state index contributed by atoms with van der Waals surface area (Å²) in [4.78, 5) is 22.5. The van der Waals surface area contributed by atoms with Gasteiger partial charge in [0.25, 0.3) is 0 Å². The van der Waals surface area contributed by atoms with E-state index in [1.165, 1.54) is 23.5 Å². The van der Waals surface area contributed by atoms with Gasteiger partial charge in [0.2, 0.25) is 5.91 Å². The maximum atomic E-state index is 13.2. The minimum absolute atomic E-state index is 0.0957. The second-order valence-electron chi connectivity index (χ2n) is 5.87. The van der Waals surface area contributed by atoms with Crippen molar-refractivity contribution in [2.45, 2.75) is 13.5 Å². The average molecular weight is 398 g/mol. The number of carbonyl (C=O) groups excluding carboxylic acids is 1. The van der Waals surface area contributed by atoms with Crippen molar-refractivity contribution in [3.8, 4) is 21.3 Å². The van der Waals surface area contributed by atoms with Crippen LogP contribution in [-0.2, 0) is 11.3 Å². The summed E-state index contributed by atoms with van der Waals surface area (Å²) >= 11 is 3.17. The van der Waals surface area contributed by atoms with E-state index in [9.17, 15) is 9.18 Å². The number of hydrogen-bond acceptors (Lipinski definition) is 5. The zero-order chi connectivity index (χ0) is 18.8. The van der Waals surface area contributed by atoms with E-state index in [1.54, 1.807) is 28.0 Å². The molecule has 8 heteroatoms. The molecule has 0 spiro atoms. The first-order chi connectivity index (χ1) is 13.1. The Morgan fingerprint density at radius 3 is 2.85 bits per heavy atom. The number of thiazole rings is 1. The van der Waals surface area contributed by atoms with E-state index in [4.69, 9.17) is 0 Å². The van der Waals surface area contributed by atoms with Crippen LogP contribution in [0.5, 0.6) is 0 Å². The third kappa shape index (κ3) is 3.96. The summed E-state index contributed by atoms with van der Waals surface area (Å²) in [5, 5.41) is 7.53. The van der Waals surface area contributed by atoms with Crippen molar-refractivity contribution in [1.29, 1.82) is 0 Å². The van der Waals surface area contributed by atoms with Gasteiger partial charge in [0.1, 0.15) is 28.9 Å². The molecule has 0 radical (unpaired) electrons. The minimum atomic E-state index is -0.390. The Morgan fingerprint density at radius 1 is 1.19 bits per heavy atom. The number of aromatic nitrogens is 3. The van der Waals surface area contributed by atoms with Crippen LogP contribution in [0, 0.1) is 12.7 Å². The number of benzene rings is 1. The number of nitrogens with one attached hydrogen (secondary N) is 1. The van der Waals surface area contributed by atoms with Crippen LogP contribution in [0.2, 0.25) is 0 Å². The average Bonchev–Trinajstić information content (AvgIpc) is 3.35. The number of amides is 1. The van der Waals surface area contributed by atoms with Crippen molar-refractivity contribution in [2.75, 3.05) is 5.32 Å². The molecular weight excluding hydrogens is 383 g/mol. The van der Waals surface area contributed by atoms with Gasteiger partial charge in [-0.15, -0.1) is 22.7 Å². The van der Waals surface area contributed by atoms with Crippen LogP contribution in [0.15, 0.2) is 53.4 Å². The molecule has 4 rings (SSSR count). The van der Waals surface area contributed by atoms with Crippen LogP contribution >= 0.6 is 22.7 Å². The van der Waals surface area contributed by atoms with Crippen molar-refractivity contribution in [3.05, 3.63) is 65.0 Å². The van der Waals surface area contributed by atoms with E-state index in [0.717, 1.165) is 21.3 Å². The van der Waals surface area contributed by atoms with Crippen LogP contribution in [0.4, 0.5) is 10.1 Å². The van der Waals surface area contributed by atoms with E-state index in [-0.39, 0.29) is 18.3 Å². The zero-order valence-electron chi connectivity index (χ0n) is 14.3. The zero-order valence-corrected chi connectivity index (χ0v) is 16.0. The number of carbonyl (C=O) groups is 1. The Morgan fingerprint density at radius 2 is 2.07 bits per heavy atom. The number of halogens is 1. The van der Waals surface area contributed by atoms with E-state index < -0.39 is 0 Å². The van der Waals surface area contributed by atoms with Gasteiger partial charge in [-0.2, -0.15) is 0 Å². The van der Waals surface area contributed by atoms with Gasteiger partial charge in [0.15, 0.2) is 0 Å². The third-order valence-electron chi connectivity index (χ3n) is 3.90. The predicted molar refractivity (Wildman–Crippen MR) is 106 cm³/mol. The minimum Gasteiger partial charge on any atom is -0.325 e. The van der Waals surface area contributed by atoms with Crippen LogP contribution in [-0.4, -0.2) is 20.4 Å². The monoisotopic (exact) mass is 398 g/mol. The number of thiophene rings is 1. The number of aryl methyl sites for hydroxylation is 1. The maximum Gasteiger partial charge on any atom is 0.244 e. The molecule has 4 aromatic rings. The quantitative estimate of drug-likeness (QED) is 0.524. The molecule has 1 amide bonds. The number of anilines is 1. The van der Waals surface area contributed by atoms with Crippen molar-refractivity contribution >= 4 is 34.3 Å². The van der Waals surface area contributed by atoms with Crippen LogP contribution in [0.1, 0.15) is 5.82 Å². The van der Waals surface area contributed by atoms with Gasteiger partial charge in [0, 0.05) is 17.3 Å². The molecule has 0 saturated heterocycles. The van der Waals surface area contributed by atoms with Crippen LogP contribution < -0.4 is 5.32 Å². The van der Waals surface area contributed by atoms with Gasteiger partial charge in [-0.1, -0.05) is 12.1 Å². The van der Waals surface area contributed by atoms with Gasteiger partial charge in [0.05, 0.1) is 10.6 Å². The molecule has 0 atom stereocenters. The normalized spacial score (nSPS) is 10.9. The second kappa shape index (κ2) is 7.42. The second-order valence-corrected chi connectivity index (χ2v) is 7.68. The highest BCUT2D eigenvalue weighted by Gasteiger charge is 2.14. The van der Waals surface area contributed by atoms with Gasteiger partial charge in [-0.3, -0.25) is 4.79 Å². The van der Waals surface area contributed by atoms with E-state index >= 15 is 0 Å². The van der Waals surface area contributed by atoms with Crippen LogP contribution in [0.3, 0.4) is 0 Å². The lowest BCUT2D eigenvalue weighted by Gasteiger charge is -2.07. The van der Waals surface area contributed by atoms with E-state index in [2.05, 4.69) is 15.3 Å². The Balaban J connectivity index is 1.49. The number of imidazole rings is 1. The molecule has 0 aliphatic carbocycles. The van der Waals surface area contributed by atoms with Gasteiger partial charge in [-0.05, 0) is 36.6 Å². The summed E-state index contributed by atoms with van der Waals surface area (Å²) in [6.45, 7) is 1.94. The molecule has 3 aromatic heterocycles. The summed E-state index contributed by atoms with van der Waals surface area (Å²) in [7, 11) is 0. The topological polar surface area (TPSA) is 59.8 Å². The molecule has 0 aliphatic rings. The molecule has 3 heterocycles. The molecule has 0 unspecified atom stereocenters. The molecule has 1 N–H and O–H groups in total. The summed E-state index contributed by atoms with van der Waals surface area (Å²) in [6.07, 6.45) is 1.82. The summed E-state index contributed by atoms with van der Waals surface area (Å²) < 4.78 is 15.0. The summed E-state index contributed by atoms with van der Waals surface area (Å²) in [5.41, 5.74) is 2.10. The van der Waals surface area contributed by atoms with Crippen LogP contribution in [0.25, 0.3) is 21.3 Å². The number of nitrogens with zero attached hydrogens (tertiary/aromatic N) is 3. The molecule has 0 saturated carbocycles. The lowest BCUT2D eigenvalue weighted by molar-refractivity contribution is -0.116. The smallest absolute Gasteiger partial charge is 0.244 e. The van der Waals surface area contributed by atoms with Gasteiger partial charge >= 0.3 is 0 Å². The van der Waals surface area contributed by atoms with Crippen molar-refractivity contribution in [3.63, 3.8) is 0 Å². The molecule has 0 fully saturated rings. The molecule has 136 valence electrons. The lowest BCUT2D eigenvalue weighted by atomic mass is 10.3. The first-order valence-electron chi connectivity index (χ1n) is 8.17. The first kappa shape index (κ1) is 17.6. The van der Waals surface area contributed by atoms with Crippen molar-refractivity contribution in [1.82, 2.24) is 14.5 Å². The Hall–Kier alpha value is -2.84. The number of hydrogen-bond donors (Lipinski definition) is 1. The highest BCUT2D eigenvalue weighted by Crippen LogP contribution is 2.30. The molecule has 27 heavy (non-hydrogen) atoms. The van der Waals surface area contributed by atoms with Crippen molar-refractivity contribution in [2.24, 2.45) is 0 Å². The summed E-state index contributed by atoms with van der Waals surface area (Å²) in [5.74, 6) is 0.0811. The Bertz CT molecular complexity index is 1090. The van der Waals surface area contributed by atoms with Gasteiger partial charge in [-0.25, -0.2) is 14.4 Å². The van der Waals surface area contributed by atoms with E-state index in [1.807, 2.05) is 36.0 Å². The van der Waals surface area contributed by atoms with Crippen molar-refractivity contribution < 1.29 is 9.18 Å². The molecule has 0 bridgehead atoms. The lowest BCUT2D eigenvalue weighted by Crippen LogP contribution is -2.19. The fourth-order valence-corrected chi connectivity index (χ4v) is 4.16. The fraction of sp³-hybridized carbons (Fsp3) is 0.105. The highest BCUT2D eigenvalue weighted by molar-refractivity contribution is 7.15. The molecule has 0 aliphatic heterocycles. The third-order valence-corrected chi connectivity index (χ3v) is 5.65. The molecule has 1 aromatic carbocycles. The standard InChI is InChI=1S/C19H15FN4OS2/c1-12-21-15(19-23-16(11-27-19)17-6-3-7-26-17)9-24(12)10-18(25)22-14-5-2-4-13(20)8-14/h2-9,11H,10H2,1H3,(H,22,25). The Labute approximate surface area is 163 Å². The van der Waals surface area contributed by atoms with Gasteiger partial charge < -0.3 is 9.88 Å². The fourth-order valence-electron chi connectivity index (χ4n) is 2.62. The Kier molecular flexibility index (Phi) is 4.83. The molecule has 5 nitrogen and oxygen atoms in total. The SMILES string of the molecule is Cc1nc(-c2nc(-c3cccs3)cs2)cn1CC(=O)Nc1cccc(F)c1. The van der Waals surface area contributed by atoms with E-state index in [0.29, 0.717) is 11.5 Å². The predicted octanol–water partition coefficient (Wildman–Crippen LogP) is 4.82. The molecular formula is C19H15FN4OS2.